The summed E-state index contributed by atoms with van der Waals surface area (Å²) in [6.07, 6.45) is 1.27. The molecule has 2 heterocycles. The SMILES string of the molecule is CCCOc1ccc(-c2noc(C3CC(=O)N(c4ccccc4)C3)n2)cc1OC. The Labute approximate surface area is 169 Å². The van der Waals surface area contributed by atoms with Crippen LogP contribution < -0.4 is 14.4 Å². The summed E-state index contributed by atoms with van der Waals surface area (Å²) in [4.78, 5) is 18.7. The van der Waals surface area contributed by atoms with E-state index in [1.54, 1.807) is 12.0 Å². The van der Waals surface area contributed by atoms with Crippen molar-refractivity contribution in [1.29, 1.82) is 0 Å². The number of nitrogens with zero attached hydrogens (tertiary/aromatic N) is 3. The average molecular weight is 393 g/mol. The highest BCUT2D eigenvalue weighted by Gasteiger charge is 2.35. The van der Waals surface area contributed by atoms with Crippen molar-refractivity contribution in [2.75, 3.05) is 25.2 Å². The molecule has 4 rings (SSSR count). The van der Waals surface area contributed by atoms with Crippen molar-refractivity contribution in [2.24, 2.45) is 0 Å². The second-order valence-electron chi connectivity index (χ2n) is 6.91. The number of anilines is 1. The van der Waals surface area contributed by atoms with Crippen molar-refractivity contribution in [3.8, 4) is 22.9 Å². The lowest BCUT2D eigenvalue weighted by Gasteiger charge is -2.15. The minimum absolute atomic E-state index is 0.0556. The van der Waals surface area contributed by atoms with Gasteiger partial charge in [0.25, 0.3) is 0 Å². The minimum atomic E-state index is -0.127. The van der Waals surface area contributed by atoms with Crippen LogP contribution in [0.1, 0.15) is 31.6 Å². The summed E-state index contributed by atoms with van der Waals surface area (Å²) in [5.74, 6) is 2.16. The van der Waals surface area contributed by atoms with Gasteiger partial charge in [-0.2, -0.15) is 4.98 Å². The van der Waals surface area contributed by atoms with Gasteiger partial charge in [0.15, 0.2) is 11.5 Å². The van der Waals surface area contributed by atoms with Crippen molar-refractivity contribution >= 4 is 11.6 Å². The van der Waals surface area contributed by atoms with Crippen LogP contribution >= 0.6 is 0 Å². The maximum Gasteiger partial charge on any atom is 0.232 e. The molecule has 1 amide bonds. The van der Waals surface area contributed by atoms with Crippen molar-refractivity contribution in [3.63, 3.8) is 0 Å². The number of amides is 1. The van der Waals surface area contributed by atoms with E-state index in [0.29, 0.717) is 42.8 Å². The van der Waals surface area contributed by atoms with Gasteiger partial charge >= 0.3 is 0 Å². The van der Waals surface area contributed by atoms with E-state index in [-0.39, 0.29) is 11.8 Å². The van der Waals surface area contributed by atoms with E-state index in [0.717, 1.165) is 17.7 Å². The van der Waals surface area contributed by atoms with E-state index in [9.17, 15) is 4.79 Å². The number of carbonyl (C=O) groups excluding carboxylic acids is 1. The first-order valence-corrected chi connectivity index (χ1v) is 9.69. The Hall–Kier alpha value is -3.35. The van der Waals surface area contributed by atoms with E-state index in [4.69, 9.17) is 14.0 Å². The smallest absolute Gasteiger partial charge is 0.232 e. The normalized spacial score (nSPS) is 16.3. The number of aromatic nitrogens is 2. The van der Waals surface area contributed by atoms with E-state index >= 15 is 0 Å². The van der Waals surface area contributed by atoms with Gasteiger partial charge < -0.3 is 18.9 Å². The first-order chi connectivity index (χ1) is 14.2. The number of rotatable bonds is 7. The topological polar surface area (TPSA) is 77.7 Å². The molecule has 0 bridgehead atoms. The van der Waals surface area contributed by atoms with Crippen LogP contribution in [0.2, 0.25) is 0 Å². The van der Waals surface area contributed by atoms with Gasteiger partial charge in [-0.05, 0) is 36.8 Å². The Morgan fingerprint density at radius 1 is 1.17 bits per heavy atom. The molecule has 29 heavy (non-hydrogen) atoms. The van der Waals surface area contributed by atoms with Gasteiger partial charge in [-0.25, -0.2) is 0 Å². The molecule has 1 aliphatic rings. The fourth-order valence-electron chi connectivity index (χ4n) is 3.39. The number of hydrogen-bond acceptors (Lipinski definition) is 6. The van der Waals surface area contributed by atoms with Crippen LogP contribution in [-0.2, 0) is 4.79 Å². The van der Waals surface area contributed by atoms with Crippen LogP contribution in [0.5, 0.6) is 11.5 Å². The average Bonchev–Trinajstić information content (AvgIpc) is 3.40. The van der Waals surface area contributed by atoms with E-state index in [1.807, 2.05) is 55.5 Å². The molecule has 0 aliphatic carbocycles. The Morgan fingerprint density at radius 3 is 2.76 bits per heavy atom. The van der Waals surface area contributed by atoms with E-state index in [2.05, 4.69) is 10.1 Å². The molecular formula is C22H23N3O4. The third-order valence-corrected chi connectivity index (χ3v) is 4.87. The monoisotopic (exact) mass is 393 g/mol. The summed E-state index contributed by atoms with van der Waals surface area (Å²) in [5, 5.41) is 4.11. The lowest BCUT2D eigenvalue weighted by atomic mass is 10.1. The highest BCUT2D eigenvalue weighted by molar-refractivity contribution is 5.96. The van der Waals surface area contributed by atoms with Crippen LogP contribution in [0.25, 0.3) is 11.4 Å². The maximum atomic E-state index is 12.4. The molecule has 1 aliphatic heterocycles. The largest absolute Gasteiger partial charge is 0.493 e. The van der Waals surface area contributed by atoms with E-state index in [1.165, 1.54) is 0 Å². The Kier molecular flexibility index (Phi) is 5.46. The Bertz CT molecular complexity index is 987. The summed E-state index contributed by atoms with van der Waals surface area (Å²) in [6.45, 7) is 3.20. The number of hydrogen-bond donors (Lipinski definition) is 0. The number of ether oxygens (including phenoxy) is 2. The fraction of sp³-hybridized carbons (Fsp3) is 0.318. The summed E-state index contributed by atoms with van der Waals surface area (Å²) >= 11 is 0. The zero-order valence-corrected chi connectivity index (χ0v) is 16.5. The Balaban J connectivity index is 1.52. The molecule has 0 N–H and O–H groups in total. The fourth-order valence-corrected chi connectivity index (χ4v) is 3.39. The summed E-state index contributed by atoms with van der Waals surface area (Å²) in [6, 6.07) is 15.2. The number of methoxy groups -OCH3 is 1. The molecule has 150 valence electrons. The van der Waals surface area contributed by atoms with Crippen molar-refractivity contribution in [3.05, 3.63) is 54.4 Å². The first kappa shape index (κ1) is 19.0. The van der Waals surface area contributed by atoms with Crippen LogP contribution in [-0.4, -0.2) is 36.3 Å². The van der Waals surface area contributed by atoms with Crippen molar-refractivity contribution < 1.29 is 18.8 Å². The number of benzene rings is 2. The van der Waals surface area contributed by atoms with Crippen molar-refractivity contribution in [2.45, 2.75) is 25.7 Å². The predicted octanol–water partition coefficient (Wildman–Crippen LogP) is 4.05. The van der Waals surface area contributed by atoms with Crippen LogP contribution in [0.4, 0.5) is 5.69 Å². The lowest BCUT2D eigenvalue weighted by Crippen LogP contribution is -2.24. The zero-order valence-electron chi connectivity index (χ0n) is 16.5. The summed E-state index contributed by atoms with van der Waals surface area (Å²) in [5.41, 5.74) is 1.65. The summed E-state index contributed by atoms with van der Waals surface area (Å²) < 4.78 is 16.6. The molecule has 1 saturated heterocycles. The second kappa shape index (κ2) is 8.34. The molecule has 0 radical (unpaired) electrons. The van der Waals surface area contributed by atoms with Gasteiger partial charge in [0.1, 0.15) is 0 Å². The lowest BCUT2D eigenvalue weighted by molar-refractivity contribution is -0.117. The molecule has 3 aromatic rings. The molecular weight excluding hydrogens is 370 g/mol. The standard InChI is InChI=1S/C22H23N3O4/c1-3-11-28-18-10-9-15(12-19(18)27-2)21-23-22(29-24-21)16-13-20(26)25(14-16)17-7-5-4-6-8-17/h4-10,12,16H,3,11,13-14H2,1-2H3. The number of carbonyl (C=O) groups is 1. The molecule has 1 fully saturated rings. The van der Waals surface area contributed by atoms with Gasteiger partial charge in [-0.15, -0.1) is 0 Å². The molecule has 1 unspecified atom stereocenters. The van der Waals surface area contributed by atoms with Gasteiger partial charge in [0, 0.05) is 24.2 Å². The molecule has 0 saturated carbocycles. The van der Waals surface area contributed by atoms with Gasteiger partial charge in [-0.3, -0.25) is 4.79 Å². The van der Waals surface area contributed by atoms with Gasteiger partial charge in [0.2, 0.25) is 17.6 Å². The van der Waals surface area contributed by atoms with E-state index < -0.39 is 0 Å². The van der Waals surface area contributed by atoms with Crippen LogP contribution in [0, 0.1) is 0 Å². The molecule has 0 spiro atoms. The third-order valence-electron chi connectivity index (χ3n) is 4.87. The Morgan fingerprint density at radius 2 is 2.00 bits per heavy atom. The van der Waals surface area contributed by atoms with Crippen LogP contribution in [0.15, 0.2) is 53.1 Å². The summed E-state index contributed by atoms with van der Waals surface area (Å²) in [7, 11) is 1.60. The van der Waals surface area contributed by atoms with Gasteiger partial charge in [-0.1, -0.05) is 30.3 Å². The second-order valence-corrected chi connectivity index (χ2v) is 6.91. The molecule has 1 atom stereocenters. The molecule has 2 aromatic carbocycles. The van der Waals surface area contributed by atoms with Crippen LogP contribution in [0.3, 0.4) is 0 Å². The maximum absolute atomic E-state index is 12.4. The highest BCUT2D eigenvalue weighted by Crippen LogP contribution is 2.34. The highest BCUT2D eigenvalue weighted by atomic mass is 16.5. The molecule has 7 heteroatoms. The van der Waals surface area contributed by atoms with Crippen molar-refractivity contribution in [1.82, 2.24) is 10.1 Å². The first-order valence-electron chi connectivity index (χ1n) is 9.69. The zero-order chi connectivity index (χ0) is 20.2. The predicted molar refractivity (Wildman–Crippen MR) is 108 cm³/mol. The third kappa shape index (κ3) is 3.94. The molecule has 1 aromatic heterocycles. The number of para-hydroxylation sites is 1. The molecule has 7 nitrogen and oxygen atoms in total. The minimum Gasteiger partial charge on any atom is -0.493 e. The quantitative estimate of drug-likeness (QED) is 0.603. The van der Waals surface area contributed by atoms with Gasteiger partial charge in [0.05, 0.1) is 19.6 Å².